The maximum Gasteiger partial charge on any atom is 0.160 e. The Balaban J connectivity index is 1.61. The molecule has 3 heteroatoms. The number of hydrogen-bond donors (Lipinski definition) is 0. The molecule has 0 N–H and O–H groups in total. The van der Waals surface area contributed by atoms with Crippen LogP contribution in [0.25, 0.3) is 9.75 Å². The molecule has 0 unspecified atom stereocenters. The molecular weight excluding hydrogens is 476 g/mol. The number of aryl methyl sites for hydroxylation is 2. The molecule has 36 heavy (non-hydrogen) atoms. The largest absolute Gasteiger partial charge is 0.297 e. The molecule has 0 aliphatic heterocycles. The van der Waals surface area contributed by atoms with Crippen LogP contribution in [0, 0.1) is 0 Å². The molecule has 2 aromatic heterocycles. The predicted octanol–water partition coefficient (Wildman–Crippen LogP) is 12.2. The second kappa shape index (κ2) is 21.1. The van der Waals surface area contributed by atoms with E-state index < -0.39 is 0 Å². The zero-order valence-electron chi connectivity index (χ0n) is 23.6. The Bertz CT molecular complexity index is 787. The maximum atomic E-state index is 11.7. The summed E-state index contributed by atoms with van der Waals surface area (Å²) in [5.74, 6) is 0. The lowest BCUT2D eigenvalue weighted by molar-refractivity contribution is 0.112. The van der Waals surface area contributed by atoms with Gasteiger partial charge in [0, 0.05) is 9.75 Å². The van der Waals surface area contributed by atoms with E-state index in [1.165, 1.54) is 156 Å². The molecule has 2 heterocycles. The smallest absolute Gasteiger partial charge is 0.160 e. The molecule has 0 aliphatic rings. The van der Waals surface area contributed by atoms with Gasteiger partial charge in [0.25, 0.3) is 0 Å². The van der Waals surface area contributed by atoms with Gasteiger partial charge in [-0.05, 0) is 54.3 Å². The monoisotopic (exact) mass is 530 g/mol. The van der Waals surface area contributed by atoms with Crippen molar-refractivity contribution in [3.8, 4) is 9.75 Å². The number of unbranched alkanes of at least 4 members (excludes halogenated alkanes) is 18. The van der Waals surface area contributed by atoms with Gasteiger partial charge < -0.3 is 0 Å². The van der Waals surface area contributed by atoms with Crippen LogP contribution >= 0.6 is 22.7 Å². The molecule has 0 amide bonds. The van der Waals surface area contributed by atoms with Crippen LogP contribution in [0.3, 0.4) is 0 Å². The highest BCUT2D eigenvalue weighted by atomic mass is 32.1. The average Bonchev–Trinajstić information content (AvgIpc) is 3.53. The lowest BCUT2D eigenvalue weighted by Crippen LogP contribution is -1.88. The van der Waals surface area contributed by atoms with E-state index in [1.54, 1.807) is 11.3 Å². The van der Waals surface area contributed by atoms with Gasteiger partial charge in [0.15, 0.2) is 6.29 Å². The van der Waals surface area contributed by atoms with Gasteiger partial charge in [0.1, 0.15) is 0 Å². The van der Waals surface area contributed by atoms with E-state index in [0.717, 1.165) is 17.6 Å². The van der Waals surface area contributed by atoms with Crippen molar-refractivity contribution in [2.45, 2.75) is 155 Å². The second-order valence-corrected chi connectivity index (χ2v) is 12.8. The summed E-state index contributed by atoms with van der Waals surface area (Å²) in [6.45, 7) is 4.57. The maximum absolute atomic E-state index is 11.7. The molecule has 0 radical (unpaired) electrons. The van der Waals surface area contributed by atoms with Gasteiger partial charge in [-0.25, -0.2) is 0 Å². The topological polar surface area (TPSA) is 17.1 Å². The number of rotatable bonds is 24. The van der Waals surface area contributed by atoms with Crippen LogP contribution < -0.4 is 0 Å². The number of aldehydes is 1. The minimum absolute atomic E-state index is 0.950. The Kier molecular flexibility index (Phi) is 18.3. The zero-order chi connectivity index (χ0) is 25.7. The van der Waals surface area contributed by atoms with Crippen molar-refractivity contribution < 1.29 is 4.79 Å². The zero-order valence-corrected chi connectivity index (χ0v) is 25.2. The number of thiophene rings is 2. The Labute approximate surface area is 231 Å². The van der Waals surface area contributed by atoms with Crippen LogP contribution in [0.5, 0.6) is 0 Å². The summed E-state index contributed by atoms with van der Waals surface area (Å²) < 4.78 is 0. The number of hydrogen-bond acceptors (Lipinski definition) is 3. The van der Waals surface area contributed by atoms with E-state index in [0.29, 0.717) is 0 Å². The highest BCUT2D eigenvalue weighted by molar-refractivity contribution is 7.22. The van der Waals surface area contributed by atoms with Crippen molar-refractivity contribution in [3.05, 3.63) is 33.5 Å². The standard InChI is InChI=1S/C33H54OS2/c1-3-5-7-9-11-13-15-17-19-21-23-29-25-31(35-28-29)32-26-30(33(27-34)36-32)24-22-20-18-16-14-12-10-8-6-4-2/h25-28H,3-24H2,1-2H3. The van der Waals surface area contributed by atoms with E-state index in [4.69, 9.17) is 0 Å². The molecule has 0 fully saturated rings. The molecule has 0 aromatic carbocycles. The summed E-state index contributed by atoms with van der Waals surface area (Å²) >= 11 is 3.55. The highest BCUT2D eigenvalue weighted by Crippen LogP contribution is 2.36. The Morgan fingerprint density at radius 2 is 1.06 bits per heavy atom. The average molecular weight is 531 g/mol. The first-order valence-electron chi connectivity index (χ1n) is 15.4. The Morgan fingerprint density at radius 3 is 1.56 bits per heavy atom. The molecular formula is C33H54OS2. The van der Waals surface area contributed by atoms with Gasteiger partial charge in [-0.2, -0.15) is 0 Å². The van der Waals surface area contributed by atoms with Crippen molar-refractivity contribution in [3.63, 3.8) is 0 Å². The summed E-state index contributed by atoms with van der Waals surface area (Å²) in [7, 11) is 0. The molecule has 0 spiro atoms. The molecule has 0 saturated carbocycles. The fourth-order valence-corrected chi connectivity index (χ4v) is 7.18. The van der Waals surface area contributed by atoms with Crippen LogP contribution in [0.1, 0.15) is 163 Å². The summed E-state index contributed by atoms with van der Waals surface area (Å²) in [5.41, 5.74) is 2.75. The molecule has 1 nitrogen and oxygen atoms in total. The van der Waals surface area contributed by atoms with Gasteiger partial charge in [0.05, 0.1) is 4.88 Å². The molecule has 2 rings (SSSR count). The van der Waals surface area contributed by atoms with Crippen molar-refractivity contribution in [1.29, 1.82) is 0 Å². The first-order valence-corrected chi connectivity index (χ1v) is 17.1. The summed E-state index contributed by atoms with van der Waals surface area (Å²) in [4.78, 5) is 15.3. The third-order valence-corrected chi connectivity index (χ3v) is 9.74. The van der Waals surface area contributed by atoms with Crippen LogP contribution in [-0.2, 0) is 12.8 Å². The molecule has 204 valence electrons. The summed E-state index contributed by atoms with van der Waals surface area (Å²) in [6, 6.07) is 4.68. The van der Waals surface area contributed by atoms with Crippen LogP contribution in [0.4, 0.5) is 0 Å². The van der Waals surface area contributed by atoms with Crippen molar-refractivity contribution in [2.24, 2.45) is 0 Å². The molecule has 0 atom stereocenters. The Hall–Kier alpha value is -0.930. The van der Waals surface area contributed by atoms with E-state index in [9.17, 15) is 4.79 Å². The fraction of sp³-hybridized carbons (Fsp3) is 0.727. The number of carbonyl (C=O) groups is 1. The third kappa shape index (κ3) is 13.6. The van der Waals surface area contributed by atoms with E-state index in [2.05, 4.69) is 31.4 Å². The van der Waals surface area contributed by atoms with Crippen molar-refractivity contribution >= 4 is 29.0 Å². The Morgan fingerprint density at radius 1 is 0.583 bits per heavy atom. The van der Waals surface area contributed by atoms with Gasteiger partial charge in [-0.3, -0.25) is 4.79 Å². The molecule has 0 aliphatic carbocycles. The van der Waals surface area contributed by atoms with E-state index in [1.807, 2.05) is 11.3 Å². The SMILES string of the molecule is CCCCCCCCCCCCc1csc(-c2cc(CCCCCCCCCCCC)c(C=O)s2)c1. The minimum atomic E-state index is 0.950. The van der Waals surface area contributed by atoms with Gasteiger partial charge in [0.2, 0.25) is 0 Å². The van der Waals surface area contributed by atoms with Gasteiger partial charge in [-0.15, -0.1) is 22.7 Å². The lowest BCUT2D eigenvalue weighted by atomic mass is 10.0. The van der Waals surface area contributed by atoms with E-state index in [-0.39, 0.29) is 0 Å². The first kappa shape index (κ1) is 31.3. The van der Waals surface area contributed by atoms with Gasteiger partial charge in [-0.1, -0.05) is 129 Å². The summed E-state index contributed by atoms with van der Waals surface area (Å²) in [5, 5.41) is 2.34. The van der Waals surface area contributed by atoms with Crippen LogP contribution in [-0.4, -0.2) is 6.29 Å². The van der Waals surface area contributed by atoms with Crippen LogP contribution in [0.15, 0.2) is 17.5 Å². The lowest BCUT2D eigenvalue weighted by Gasteiger charge is -2.02. The predicted molar refractivity (Wildman–Crippen MR) is 164 cm³/mol. The second-order valence-electron chi connectivity index (χ2n) is 10.8. The molecule has 2 aromatic rings. The number of carbonyl (C=O) groups excluding carboxylic acids is 1. The molecule has 0 saturated heterocycles. The van der Waals surface area contributed by atoms with Gasteiger partial charge >= 0.3 is 0 Å². The quantitative estimate of drug-likeness (QED) is 0.0974. The highest BCUT2D eigenvalue weighted by Gasteiger charge is 2.12. The first-order chi connectivity index (χ1) is 17.8. The van der Waals surface area contributed by atoms with Crippen LogP contribution in [0.2, 0.25) is 0 Å². The molecule has 0 bridgehead atoms. The summed E-state index contributed by atoms with van der Waals surface area (Å²) in [6.07, 6.45) is 30.8. The normalized spacial score (nSPS) is 11.4. The minimum Gasteiger partial charge on any atom is -0.297 e. The third-order valence-electron chi connectivity index (χ3n) is 7.46. The van der Waals surface area contributed by atoms with Crippen molar-refractivity contribution in [1.82, 2.24) is 0 Å². The van der Waals surface area contributed by atoms with Crippen molar-refractivity contribution in [2.75, 3.05) is 0 Å². The van der Waals surface area contributed by atoms with E-state index >= 15 is 0 Å². The fourth-order valence-electron chi connectivity index (χ4n) is 5.11.